The van der Waals surface area contributed by atoms with E-state index in [0.29, 0.717) is 11.8 Å². The van der Waals surface area contributed by atoms with E-state index in [9.17, 15) is 4.79 Å². The second-order valence-corrected chi connectivity index (χ2v) is 7.72. The number of carbonyl (C=O) groups excluding carboxylic acids is 1. The van der Waals surface area contributed by atoms with E-state index in [1.807, 2.05) is 11.9 Å². The molecule has 1 heterocycles. The lowest BCUT2D eigenvalue weighted by molar-refractivity contribution is -0.128. The van der Waals surface area contributed by atoms with E-state index < -0.39 is 0 Å². The molecule has 0 atom stereocenters. The van der Waals surface area contributed by atoms with Crippen LogP contribution < -0.4 is 10.6 Å². The van der Waals surface area contributed by atoms with Gasteiger partial charge in [0.25, 0.3) is 0 Å². The predicted molar refractivity (Wildman–Crippen MR) is 121 cm³/mol. The fourth-order valence-corrected chi connectivity index (χ4v) is 3.86. The first-order valence-electron chi connectivity index (χ1n) is 9.94. The van der Waals surface area contributed by atoms with Gasteiger partial charge >= 0.3 is 0 Å². The number of rotatable bonds is 7. The summed E-state index contributed by atoms with van der Waals surface area (Å²) in [6, 6.07) is 8.52. The maximum absolute atomic E-state index is 11.7. The number of nitrogens with one attached hydrogen (secondary N) is 2. The van der Waals surface area contributed by atoms with Crippen molar-refractivity contribution in [3.8, 4) is 0 Å². The summed E-state index contributed by atoms with van der Waals surface area (Å²) in [5, 5.41) is 6.90. The number of nitrogens with zero attached hydrogens (tertiary/aromatic N) is 2. The normalized spacial score (nSPS) is 18.7. The quantitative estimate of drug-likeness (QED) is 0.353. The molecule has 1 aliphatic carbocycles. The van der Waals surface area contributed by atoms with Gasteiger partial charge in [-0.2, -0.15) is 0 Å². The zero-order chi connectivity index (χ0) is 18.4. The Hall–Kier alpha value is -1.31. The van der Waals surface area contributed by atoms with Crippen LogP contribution in [0.3, 0.4) is 0 Å². The average Bonchev–Trinajstić information content (AvgIpc) is 3.03. The minimum atomic E-state index is 0. The lowest BCUT2D eigenvalue weighted by atomic mass is 9.67. The van der Waals surface area contributed by atoms with Crippen LogP contribution in [0.15, 0.2) is 29.3 Å². The van der Waals surface area contributed by atoms with Crippen molar-refractivity contribution in [1.29, 1.82) is 0 Å². The lowest BCUT2D eigenvalue weighted by Gasteiger charge is -2.41. The highest BCUT2D eigenvalue weighted by Gasteiger charge is 2.34. The van der Waals surface area contributed by atoms with Crippen LogP contribution in [0.25, 0.3) is 0 Å². The molecule has 2 N–H and O–H groups in total. The molecule has 5 nitrogen and oxygen atoms in total. The first-order chi connectivity index (χ1) is 12.6. The van der Waals surface area contributed by atoms with E-state index in [0.717, 1.165) is 38.6 Å². The number of aliphatic imine (C=N–C) groups is 1. The Kier molecular flexibility index (Phi) is 8.38. The Morgan fingerprint density at radius 2 is 1.85 bits per heavy atom. The van der Waals surface area contributed by atoms with Crippen LogP contribution in [-0.4, -0.2) is 36.9 Å². The Bertz CT molecular complexity index is 635. The number of hydrogen-bond acceptors (Lipinski definition) is 2. The third-order valence-electron chi connectivity index (χ3n) is 6.05. The summed E-state index contributed by atoms with van der Waals surface area (Å²) in [4.78, 5) is 18.0. The van der Waals surface area contributed by atoms with Gasteiger partial charge in [0.05, 0.1) is 0 Å². The van der Waals surface area contributed by atoms with Crippen molar-refractivity contribution in [2.75, 3.05) is 20.1 Å². The van der Waals surface area contributed by atoms with Crippen molar-refractivity contribution < 1.29 is 4.79 Å². The topological polar surface area (TPSA) is 56.7 Å². The summed E-state index contributed by atoms with van der Waals surface area (Å²) < 4.78 is 0. The van der Waals surface area contributed by atoms with Gasteiger partial charge in [-0.1, -0.05) is 37.6 Å². The molecule has 2 aliphatic rings. The first kappa shape index (κ1) is 22.0. The summed E-state index contributed by atoms with van der Waals surface area (Å²) in [5.74, 6) is 1.15. The van der Waals surface area contributed by atoms with Crippen molar-refractivity contribution in [1.82, 2.24) is 15.5 Å². The second kappa shape index (κ2) is 10.3. The van der Waals surface area contributed by atoms with Gasteiger partial charge in [0.15, 0.2) is 5.96 Å². The molecule has 0 aromatic heterocycles. The van der Waals surface area contributed by atoms with E-state index in [1.54, 1.807) is 0 Å². The molecule has 1 aromatic rings. The van der Waals surface area contributed by atoms with Crippen molar-refractivity contribution >= 4 is 35.8 Å². The van der Waals surface area contributed by atoms with Gasteiger partial charge < -0.3 is 15.5 Å². The number of carbonyl (C=O) groups is 1. The third-order valence-corrected chi connectivity index (χ3v) is 6.05. The number of halogens is 1. The molecule has 1 saturated heterocycles. The fourth-order valence-electron chi connectivity index (χ4n) is 3.86. The van der Waals surface area contributed by atoms with Crippen LogP contribution in [0.1, 0.15) is 56.6 Å². The molecule has 1 aromatic carbocycles. The number of hydrogen-bond donors (Lipinski definition) is 2. The zero-order valence-corrected chi connectivity index (χ0v) is 18.9. The molecule has 1 aliphatic heterocycles. The van der Waals surface area contributed by atoms with Crippen LogP contribution in [0.5, 0.6) is 0 Å². The molecule has 2 fully saturated rings. The van der Waals surface area contributed by atoms with Crippen molar-refractivity contribution in [3.05, 3.63) is 35.4 Å². The summed E-state index contributed by atoms with van der Waals surface area (Å²) >= 11 is 0. The average molecular weight is 484 g/mol. The molecule has 27 heavy (non-hydrogen) atoms. The van der Waals surface area contributed by atoms with Crippen molar-refractivity contribution in [2.45, 2.75) is 58.5 Å². The second-order valence-electron chi connectivity index (χ2n) is 7.72. The van der Waals surface area contributed by atoms with E-state index in [4.69, 9.17) is 0 Å². The zero-order valence-electron chi connectivity index (χ0n) is 16.6. The summed E-state index contributed by atoms with van der Waals surface area (Å²) in [7, 11) is 1.82. The molecule has 150 valence electrons. The largest absolute Gasteiger partial charge is 0.356 e. The van der Waals surface area contributed by atoms with E-state index >= 15 is 0 Å². The van der Waals surface area contributed by atoms with E-state index in [-0.39, 0.29) is 29.9 Å². The molecule has 1 amide bonds. The maximum atomic E-state index is 11.7. The van der Waals surface area contributed by atoms with Gasteiger partial charge in [-0.05, 0) is 42.2 Å². The summed E-state index contributed by atoms with van der Waals surface area (Å²) in [6.45, 7) is 5.67. The Labute approximate surface area is 180 Å². The standard InChI is InChI=1S/C21H32N4O.HI/c1-3-21(11-5-12-21)16-24-20(22-2)23-14-17-7-9-18(10-8-17)15-25-13-4-6-19(25)26;/h7-10H,3-6,11-16H2,1-2H3,(H2,22,23,24);1H. The highest BCUT2D eigenvalue weighted by atomic mass is 127. The highest BCUT2D eigenvalue weighted by molar-refractivity contribution is 14.0. The van der Waals surface area contributed by atoms with Gasteiger partial charge in [0.1, 0.15) is 0 Å². The van der Waals surface area contributed by atoms with Gasteiger partial charge in [-0.25, -0.2) is 0 Å². The number of likely N-dealkylation sites (tertiary alicyclic amines) is 1. The lowest BCUT2D eigenvalue weighted by Crippen LogP contribution is -2.46. The van der Waals surface area contributed by atoms with Crippen LogP contribution in [0.2, 0.25) is 0 Å². The van der Waals surface area contributed by atoms with E-state index in [2.05, 4.69) is 46.8 Å². The van der Waals surface area contributed by atoms with Crippen LogP contribution >= 0.6 is 24.0 Å². The van der Waals surface area contributed by atoms with Gasteiger partial charge in [-0.3, -0.25) is 9.79 Å². The van der Waals surface area contributed by atoms with Crippen LogP contribution in [0.4, 0.5) is 0 Å². The maximum Gasteiger partial charge on any atom is 0.222 e. The molecule has 0 spiro atoms. The van der Waals surface area contributed by atoms with Gasteiger partial charge in [0, 0.05) is 39.6 Å². The first-order valence-corrected chi connectivity index (χ1v) is 9.94. The Morgan fingerprint density at radius 3 is 2.37 bits per heavy atom. The molecule has 3 rings (SSSR count). The number of benzene rings is 1. The Morgan fingerprint density at radius 1 is 1.15 bits per heavy atom. The van der Waals surface area contributed by atoms with Crippen molar-refractivity contribution in [2.24, 2.45) is 10.4 Å². The number of guanidine groups is 1. The monoisotopic (exact) mass is 484 g/mol. The molecular weight excluding hydrogens is 451 g/mol. The molecule has 0 radical (unpaired) electrons. The van der Waals surface area contributed by atoms with Crippen LogP contribution in [-0.2, 0) is 17.9 Å². The fraction of sp³-hybridized carbons (Fsp3) is 0.619. The smallest absolute Gasteiger partial charge is 0.222 e. The Balaban J connectivity index is 0.00000261. The van der Waals surface area contributed by atoms with Gasteiger partial charge in [0.2, 0.25) is 5.91 Å². The molecule has 6 heteroatoms. The molecule has 0 unspecified atom stereocenters. The predicted octanol–water partition coefficient (Wildman–Crippen LogP) is 3.67. The minimum absolute atomic E-state index is 0. The molecule has 1 saturated carbocycles. The highest BCUT2D eigenvalue weighted by Crippen LogP contribution is 2.42. The molecule has 0 bridgehead atoms. The van der Waals surface area contributed by atoms with Gasteiger partial charge in [-0.15, -0.1) is 24.0 Å². The van der Waals surface area contributed by atoms with Crippen LogP contribution in [0, 0.1) is 5.41 Å². The number of amides is 1. The third kappa shape index (κ3) is 5.83. The van der Waals surface area contributed by atoms with E-state index in [1.165, 1.54) is 36.8 Å². The minimum Gasteiger partial charge on any atom is -0.356 e. The van der Waals surface area contributed by atoms with Crippen molar-refractivity contribution in [3.63, 3.8) is 0 Å². The SMILES string of the molecule is CCC1(CNC(=NC)NCc2ccc(CN3CCCC3=O)cc2)CCC1.I. The summed E-state index contributed by atoms with van der Waals surface area (Å²) in [6.07, 6.45) is 6.94. The molecular formula is C21H33IN4O. The summed E-state index contributed by atoms with van der Waals surface area (Å²) in [5.41, 5.74) is 2.89.